The van der Waals surface area contributed by atoms with Crippen molar-refractivity contribution in [3.8, 4) is 0 Å². The van der Waals surface area contributed by atoms with E-state index in [4.69, 9.17) is 0 Å². The van der Waals surface area contributed by atoms with E-state index in [9.17, 15) is 4.39 Å². The van der Waals surface area contributed by atoms with Crippen LogP contribution in [0.25, 0.3) is 0 Å². The van der Waals surface area contributed by atoms with Gasteiger partial charge in [-0.05, 0) is 58.1 Å². The largest absolute Gasteiger partial charge is 0.315 e. The van der Waals surface area contributed by atoms with Crippen LogP contribution in [0.3, 0.4) is 0 Å². The molecule has 0 bridgehead atoms. The summed E-state index contributed by atoms with van der Waals surface area (Å²) in [7, 11) is 1.95. The van der Waals surface area contributed by atoms with Gasteiger partial charge in [-0.1, -0.05) is 35.8 Å². The summed E-state index contributed by atoms with van der Waals surface area (Å²) < 4.78 is 14.8. The Balaban J connectivity index is 2.96. The first-order valence-electron chi connectivity index (χ1n) is 7.23. The van der Waals surface area contributed by atoms with Crippen molar-refractivity contribution in [2.75, 3.05) is 20.1 Å². The Hall–Kier alpha value is -0.450. The van der Waals surface area contributed by atoms with Gasteiger partial charge >= 0.3 is 0 Å². The van der Waals surface area contributed by atoms with Gasteiger partial charge in [-0.3, -0.25) is 4.90 Å². The van der Waals surface area contributed by atoms with E-state index < -0.39 is 0 Å². The Kier molecular flexibility index (Phi) is 6.62. The molecule has 1 aromatic carbocycles. The molecule has 0 aromatic heterocycles. The quantitative estimate of drug-likeness (QED) is 0.808. The minimum Gasteiger partial charge on any atom is -0.315 e. The Labute approximate surface area is 130 Å². The third-order valence-corrected chi connectivity index (χ3v) is 4.71. The molecule has 20 heavy (non-hydrogen) atoms. The standard InChI is InChI=1S/C16H26BrFN2/c1-6-20(7-2)16(3,4)15(19-5)10-12-8-9-13(17)11-14(12)18/h8-9,11,15,19H,6-7,10H2,1-5H3. The van der Waals surface area contributed by atoms with Gasteiger partial charge in [0.1, 0.15) is 5.82 Å². The average molecular weight is 345 g/mol. The molecule has 0 amide bonds. The number of likely N-dealkylation sites (N-methyl/N-ethyl adjacent to an activating group) is 2. The monoisotopic (exact) mass is 344 g/mol. The number of nitrogens with zero attached hydrogens (tertiary/aromatic N) is 1. The minimum absolute atomic E-state index is 0.0300. The SMILES string of the molecule is CCN(CC)C(C)(C)C(Cc1ccc(Br)cc1F)NC. The summed E-state index contributed by atoms with van der Waals surface area (Å²) in [5.74, 6) is -0.144. The Morgan fingerprint density at radius 2 is 1.90 bits per heavy atom. The van der Waals surface area contributed by atoms with Crippen LogP contribution in [0.2, 0.25) is 0 Å². The van der Waals surface area contributed by atoms with E-state index in [0.29, 0.717) is 6.42 Å². The van der Waals surface area contributed by atoms with Crippen molar-refractivity contribution >= 4 is 15.9 Å². The molecule has 1 rings (SSSR count). The first kappa shape index (κ1) is 17.6. The fourth-order valence-corrected chi connectivity index (χ4v) is 3.20. The zero-order chi connectivity index (χ0) is 15.3. The molecule has 1 unspecified atom stereocenters. The molecule has 114 valence electrons. The highest BCUT2D eigenvalue weighted by atomic mass is 79.9. The smallest absolute Gasteiger partial charge is 0.127 e. The van der Waals surface area contributed by atoms with Crippen molar-refractivity contribution < 1.29 is 4.39 Å². The van der Waals surface area contributed by atoms with Gasteiger partial charge in [0.15, 0.2) is 0 Å². The number of hydrogen-bond donors (Lipinski definition) is 1. The predicted molar refractivity (Wildman–Crippen MR) is 87.7 cm³/mol. The van der Waals surface area contributed by atoms with E-state index in [0.717, 1.165) is 23.1 Å². The van der Waals surface area contributed by atoms with Crippen molar-refractivity contribution in [2.45, 2.75) is 45.7 Å². The number of nitrogens with one attached hydrogen (secondary N) is 1. The van der Waals surface area contributed by atoms with Crippen molar-refractivity contribution in [3.63, 3.8) is 0 Å². The molecule has 0 spiro atoms. The van der Waals surface area contributed by atoms with Crippen molar-refractivity contribution in [1.82, 2.24) is 10.2 Å². The fraction of sp³-hybridized carbons (Fsp3) is 0.625. The summed E-state index contributed by atoms with van der Waals surface area (Å²) in [5, 5.41) is 3.36. The predicted octanol–water partition coefficient (Wildman–Crippen LogP) is 3.84. The number of benzene rings is 1. The maximum absolute atomic E-state index is 14.0. The summed E-state index contributed by atoms with van der Waals surface area (Å²) >= 11 is 3.30. The summed E-state index contributed by atoms with van der Waals surface area (Å²) in [5.41, 5.74) is 0.727. The lowest BCUT2D eigenvalue weighted by atomic mass is 9.87. The maximum atomic E-state index is 14.0. The van der Waals surface area contributed by atoms with E-state index in [1.165, 1.54) is 6.07 Å². The molecular weight excluding hydrogens is 319 g/mol. The Morgan fingerprint density at radius 1 is 1.30 bits per heavy atom. The molecule has 0 aliphatic carbocycles. The Morgan fingerprint density at radius 3 is 2.35 bits per heavy atom. The molecule has 0 saturated carbocycles. The van der Waals surface area contributed by atoms with Crippen LogP contribution in [0.15, 0.2) is 22.7 Å². The molecule has 0 saturated heterocycles. The first-order valence-corrected chi connectivity index (χ1v) is 8.02. The number of hydrogen-bond acceptors (Lipinski definition) is 2. The molecular formula is C16H26BrFN2. The Bertz CT molecular complexity index is 430. The minimum atomic E-state index is -0.144. The third kappa shape index (κ3) is 4.03. The van der Waals surface area contributed by atoms with Crippen molar-refractivity contribution in [2.24, 2.45) is 0 Å². The van der Waals surface area contributed by atoms with Crippen LogP contribution >= 0.6 is 15.9 Å². The summed E-state index contributed by atoms with van der Waals surface area (Å²) in [4.78, 5) is 2.41. The van der Waals surface area contributed by atoms with Crippen LogP contribution in [0.1, 0.15) is 33.3 Å². The molecule has 0 aliphatic rings. The molecule has 4 heteroatoms. The lowest BCUT2D eigenvalue weighted by Gasteiger charge is -2.43. The van der Waals surface area contributed by atoms with Gasteiger partial charge in [0, 0.05) is 16.1 Å². The highest BCUT2D eigenvalue weighted by Gasteiger charge is 2.33. The zero-order valence-corrected chi connectivity index (χ0v) is 14.7. The van der Waals surface area contributed by atoms with Gasteiger partial charge in [-0.15, -0.1) is 0 Å². The topological polar surface area (TPSA) is 15.3 Å². The highest BCUT2D eigenvalue weighted by Crippen LogP contribution is 2.24. The molecule has 0 heterocycles. The van der Waals surface area contributed by atoms with Crippen molar-refractivity contribution in [1.29, 1.82) is 0 Å². The molecule has 0 fully saturated rings. The van der Waals surface area contributed by atoms with Gasteiger partial charge < -0.3 is 5.32 Å². The number of rotatable bonds is 7. The normalized spacial score (nSPS) is 13.8. The lowest BCUT2D eigenvalue weighted by Crippen LogP contribution is -2.57. The maximum Gasteiger partial charge on any atom is 0.127 e. The first-order chi connectivity index (χ1) is 9.36. The van der Waals surface area contributed by atoms with Crippen LogP contribution in [-0.2, 0) is 6.42 Å². The van der Waals surface area contributed by atoms with E-state index in [1.54, 1.807) is 0 Å². The summed E-state index contributed by atoms with van der Waals surface area (Å²) in [6.07, 6.45) is 0.680. The van der Waals surface area contributed by atoms with Crippen LogP contribution in [-0.4, -0.2) is 36.6 Å². The highest BCUT2D eigenvalue weighted by molar-refractivity contribution is 9.10. The van der Waals surface area contributed by atoms with Crippen molar-refractivity contribution in [3.05, 3.63) is 34.1 Å². The lowest BCUT2D eigenvalue weighted by molar-refractivity contribution is 0.0940. The van der Waals surface area contributed by atoms with Gasteiger partial charge in [-0.25, -0.2) is 4.39 Å². The molecule has 0 radical (unpaired) electrons. The molecule has 1 atom stereocenters. The molecule has 1 N–H and O–H groups in total. The average Bonchev–Trinajstić information content (AvgIpc) is 2.38. The fourth-order valence-electron chi connectivity index (χ4n) is 2.87. The molecule has 2 nitrogen and oxygen atoms in total. The molecule has 1 aromatic rings. The second-order valence-electron chi connectivity index (χ2n) is 5.61. The van der Waals surface area contributed by atoms with Gasteiger partial charge in [0.05, 0.1) is 0 Å². The summed E-state index contributed by atoms with van der Waals surface area (Å²) in [6, 6.07) is 5.49. The second-order valence-corrected chi connectivity index (χ2v) is 6.52. The van der Waals surface area contributed by atoms with Crippen LogP contribution < -0.4 is 5.32 Å². The van der Waals surface area contributed by atoms with E-state index >= 15 is 0 Å². The number of halogens is 2. The van der Waals surface area contributed by atoms with Gasteiger partial charge in [-0.2, -0.15) is 0 Å². The van der Waals surface area contributed by atoms with Crippen LogP contribution in [0.5, 0.6) is 0 Å². The van der Waals surface area contributed by atoms with E-state index in [-0.39, 0.29) is 17.4 Å². The second kappa shape index (κ2) is 7.53. The zero-order valence-electron chi connectivity index (χ0n) is 13.1. The van der Waals surface area contributed by atoms with E-state index in [2.05, 4.69) is 53.8 Å². The van der Waals surface area contributed by atoms with Gasteiger partial charge in [0.2, 0.25) is 0 Å². The van der Waals surface area contributed by atoms with Crippen LogP contribution in [0, 0.1) is 5.82 Å². The van der Waals surface area contributed by atoms with Crippen LogP contribution in [0.4, 0.5) is 4.39 Å². The third-order valence-electron chi connectivity index (χ3n) is 4.22. The van der Waals surface area contributed by atoms with Gasteiger partial charge in [0.25, 0.3) is 0 Å². The van der Waals surface area contributed by atoms with E-state index in [1.807, 2.05) is 19.2 Å². The molecule has 0 aliphatic heterocycles. The summed E-state index contributed by atoms with van der Waals surface area (Å²) in [6.45, 7) is 10.8.